The number of rotatable bonds is 6. The third-order valence-corrected chi connectivity index (χ3v) is 4.87. The van der Waals surface area contributed by atoms with Crippen molar-refractivity contribution in [2.24, 2.45) is 0 Å². The lowest BCUT2D eigenvalue weighted by Crippen LogP contribution is -2.00. The van der Waals surface area contributed by atoms with Crippen LogP contribution in [0.25, 0.3) is 11.4 Å². The van der Waals surface area contributed by atoms with Crippen LogP contribution >= 0.6 is 23.4 Å². The molecule has 0 saturated heterocycles. The smallest absolute Gasteiger partial charge is 0.192 e. The van der Waals surface area contributed by atoms with Crippen LogP contribution in [0.3, 0.4) is 0 Å². The molecule has 0 unspecified atom stereocenters. The molecular formula is C19H18ClN3S. The predicted molar refractivity (Wildman–Crippen MR) is 101 cm³/mol. The predicted octanol–water partition coefficient (Wildman–Crippen LogP) is 5.39. The average Bonchev–Trinajstić information content (AvgIpc) is 2.97. The summed E-state index contributed by atoms with van der Waals surface area (Å²) in [6.45, 7) is 6.62. The zero-order valence-electron chi connectivity index (χ0n) is 13.4. The van der Waals surface area contributed by atoms with Gasteiger partial charge in [0, 0.05) is 22.9 Å². The fourth-order valence-corrected chi connectivity index (χ4v) is 3.47. The van der Waals surface area contributed by atoms with Gasteiger partial charge in [-0.05, 0) is 36.8 Å². The molecule has 3 nitrogen and oxygen atoms in total. The summed E-state index contributed by atoms with van der Waals surface area (Å²) in [5, 5.41) is 10.3. The van der Waals surface area contributed by atoms with E-state index in [0.717, 1.165) is 22.3 Å². The molecule has 0 amide bonds. The lowest BCUT2D eigenvalue weighted by molar-refractivity contribution is 0.731. The molecule has 5 heteroatoms. The van der Waals surface area contributed by atoms with Gasteiger partial charge >= 0.3 is 0 Å². The summed E-state index contributed by atoms with van der Waals surface area (Å²) in [5.74, 6) is 1.69. The van der Waals surface area contributed by atoms with Gasteiger partial charge in [-0.15, -0.1) is 16.8 Å². The molecule has 0 saturated carbocycles. The van der Waals surface area contributed by atoms with Gasteiger partial charge in [0.2, 0.25) is 0 Å². The fourth-order valence-electron chi connectivity index (χ4n) is 2.45. The van der Waals surface area contributed by atoms with E-state index in [9.17, 15) is 0 Å². The van der Waals surface area contributed by atoms with Crippen LogP contribution in [-0.4, -0.2) is 14.8 Å². The summed E-state index contributed by atoms with van der Waals surface area (Å²) in [7, 11) is 0. The van der Waals surface area contributed by atoms with Crippen LogP contribution in [0, 0.1) is 6.92 Å². The van der Waals surface area contributed by atoms with E-state index in [-0.39, 0.29) is 0 Å². The normalized spacial score (nSPS) is 10.8. The van der Waals surface area contributed by atoms with Crippen molar-refractivity contribution in [2.75, 3.05) is 0 Å². The molecule has 0 aliphatic carbocycles. The van der Waals surface area contributed by atoms with Gasteiger partial charge in [-0.25, -0.2) is 0 Å². The Kier molecular flexibility index (Phi) is 5.38. The van der Waals surface area contributed by atoms with Crippen LogP contribution < -0.4 is 0 Å². The van der Waals surface area contributed by atoms with E-state index < -0.39 is 0 Å². The SMILES string of the molecule is C=CCn1c(SCc2cccc(C)c2)nnc1-c1ccc(Cl)cc1. The third-order valence-electron chi connectivity index (χ3n) is 3.58. The Morgan fingerprint density at radius 1 is 1.17 bits per heavy atom. The molecule has 0 N–H and O–H groups in total. The molecule has 0 aliphatic rings. The van der Waals surface area contributed by atoms with Crippen molar-refractivity contribution in [3.05, 3.63) is 77.3 Å². The molecule has 0 aliphatic heterocycles. The molecule has 1 aromatic heterocycles. The second kappa shape index (κ2) is 7.69. The minimum atomic E-state index is 0.668. The molecule has 0 fully saturated rings. The molecule has 0 radical (unpaired) electrons. The molecular weight excluding hydrogens is 338 g/mol. The number of hydrogen-bond acceptors (Lipinski definition) is 3. The third kappa shape index (κ3) is 3.89. The van der Waals surface area contributed by atoms with E-state index in [1.165, 1.54) is 11.1 Å². The Bertz CT molecular complexity index is 840. The number of halogens is 1. The van der Waals surface area contributed by atoms with Crippen LogP contribution in [0.2, 0.25) is 5.02 Å². The monoisotopic (exact) mass is 355 g/mol. The number of nitrogens with zero attached hydrogens (tertiary/aromatic N) is 3. The van der Waals surface area contributed by atoms with E-state index in [4.69, 9.17) is 11.6 Å². The lowest BCUT2D eigenvalue weighted by atomic mass is 10.2. The largest absolute Gasteiger partial charge is 0.298 e. The highest BCUT2D eigenvalue weighted by atomic mass is 35.5. The van der Waals surface area contributed by atoms with E-state index in [0.29, 0.717) is 11.6 Å². The maximum absolute atomic E-state index is 5.97. The van der Waals surface area contributed by atoms with Crippen molar-refractivity contribution in [1.29, 1.82) is 0 Å². The van der Waals surface area contributed by atoms with Crippen molar-refractivity contribution in [3.8, 4) is 11.4 Å². The van der Waals surface area contributed by atoms with Crippen molar-refractivity contribution in [1.82, 2.24) is 14.8 Å². The van der Waals surface area contributed by atoms with Crippen LogP contribution in [0.4, 0.5) is 0 Å². The van der Waals surface area contributed by atoms with Gasteiger partial charge in [0.15, 0.2) is 11.0 Å². The molecule has 2 aromatic carbocycles. The van der Waals surface area contributed by atoms with Gasteiger partial charge in [-0.1, -0.05) is 59.3 Å². The highest BCUT2D eigenvalue weighted by Gasteiger charge is 2.13. The summed E-state index contributed by atoms with van der Waals surface area (Å²) in [6, 6.07) is 16.2. The topological polar surface area (TPSA) is 30.7 Å². The van der Waals surface area contributed by atoms with Crippen molar-refractivity contribution in [2.45, 2.75) is 24.4 Å². The van der Waals surface area contributed by atoms with Gasteiger partial charge < -0.3 is 0 Å². The second-order valence-corrected chi connectivity index (χ2v) is 6.87. The number of aromatic nitrogens is 3. The molecule has 24 heavy (non-hydrogen) atoms. The zero-order chi connectivity index (χ0) is 16.9. The van der Waals surface area contributed by atoms with E-state index in [1.54, 1.807) is 11.8 Å². The number of aryl methyl sites for hydroxylation is 1. The maximum atomic E-state index is 5.97. The first-order chi connectivity index (χ1) is 11.7. The van der Waals surface area contributed by atoms with E-state index in [1.807, 2.05) is 30.3 Å². The summed E-state index contributed by atoms with van der Waals surface area (Å²) < 4.78 is 2.08. The maximum Gasteiger partial charge on any atom is 0.192 e. The molecule has 1 heterocycles. The first kappa shape index (κ1) is 16.8. The number of allylic oxidation sites excluding steroid dienone is 1. The van der Waals surface area contributed by atoms with Crippen LogP contribution in [0.1, 0.15) is 11.1 Å². The minimum Gasteiger partial charge on any atom is -0.298 e. The van der Waals surface area contributed by atoms with E-state index in [2.05, 4.69) is 52.5 Å². The van der Waals surface area contributed by atoms with Gasteiger partial charge in [0.25, 0.3) is 0 Å². The summed E-state index contributed by atoms with van der Waals surface area (Å²) in [4.78, 5) is 0. The summed E-state index contributed by atoms with van der Waals surface area (Å²) in [6.07, 6.45) is 1.86. The molecule has 3 rings (SSSR count). The molecule has 0 spiro atoms. The number of benzene rings is 2. The number of thioether (sulfide) groups is 1. The van der Waals surface area contributed by atoms with Crippen LogP contribution in [0.15, 0.2) is 66.3 Å². The Hall–Kier alpha value is -2.04. The lowest BCUT2D eigenvalue weighted by Gasteiger charge is -2.08. The van der Waals surface area contributed by atoms with Gasteiger partial charge in [0.05, 0.1) is 0 Å². The second-order valence-electron chi connectivity index (χ2n) is 5.49. The Morgan fingerprint density at radius 2 is 1.96 bits per heavy atom. The quantitative estimate of drug-likeness (QED) is 0.439. The first-order valence-corrected chi connectivity index (χ1v) is 9.02. The first-order valence-electron chi connectivity index (χ1n) is 7.66. The Balaban J connectivity index is 1.85. The molecule has 0 atom stereocenters. The van der Waals surface area contributed by atoms with Crippen LogP contribution in [-0.2, 0) is 12.3 Å². The zero-order valence-corrected chi connectivity index (χ0v) is 15.0. The highest BCUT2D eigenvalue weighted by Crippen LogP contribution is 2.27. The van der Waals surface area contributed by atoms with Crippen molar-refractivity contribution < 1.29 is 0 Å². The van der Waals surface area contributed by atoms with Gasteiger partial charge in [-0.2, -0.15) is 0 Å². The highest BCUT2D eigenvalue weighted by molar-refractivity contribution is 7.98. The Morgan fingerprint density at radius 3 is 2.67 bits per heavy atom. The average molecular weight is 356 g/mol. The van der Waals surface area contributed by atoms with Crippen LogP contribution in [0.5, 0.6) is 0 Å². The molecule has 0 bridgehead atoms. The van der Waals surface area contributed by atoms with Gasteiger partial charge in [-0.3, -0.25) is 4.57 Å². The number of hydrogen-bond donors (Lipinski definition) is 0. The summed E-state index contributed by atoms with van der Waals surface area (Å²) >= 11 is 7.66. The Labute approximate surface area is 151 Å². The molecule has 3 aromatic rings. The van der Waals surface area contributed by atoms with Crippen molar-refractivity contribution >= 4 is 23.4 Å². The fraction of sp³-hybridized carbons (Fsp3) is 0.158. The molecule has 122 valence electrons. The minimum absolute atomic E-state index is 0.668. The van der Waals surface area contributed by atoms with E-state index >= 15 is 0 Å². The standard InChI is InChI=1S/C19H18ClN3S/c1-3-11-23-18(16-7-9-17(20)10-8-16)21-22-19(23)24-13-15-6-4-5-14(2)12-15/h3-10,12H,1,11,13H2,2H3. The van der Waals surface area contributed by atoms with Crippen molar-refractivity contribution in [3.63, 3.8) is 0 Å². The van der Waals surface area contributed by atoms with Gasteiger partial charge in [0.1, 0.15) is 0 Å². The summed E-state index contributed by atoms with van der Waals surface area (Å²) in [5.41, 5.74) is 3.54.